The molecule has 3 unspecified atom stereocenters. The molecule has 1 saturated carbocycles. The maximum Gasteiger partial charge on any atom is 0.256 e. The van der Waals surface area contributed by atoms with Crippen LogP contribution in [0, 0.1) is 11.8 Å². The minimum absolute atomic E-state index is 0.198. The van der Waals surface area contributed by atoms with Gasteiger partial charge in [0.2, 0.25) is 0 Å². The van der Waals surface area contributed by atoms with Gasteiger partial charge in [-0.15, -0.1) is 0 Å². The molecule has 1 aliphatic heterocycles. The van der Waals surface area contributed by atoms with Crippen LogP contribution in [0.1, 0.15) is 26.7 Å². The van der Waals surface area contributed by atoms with E-state index in [4.69, 9.17) is 9.47 Å². The number of carbonyl (C=O) groups excluding carboxylic acids is 2. The molecule has 2 aliphatic carbocycles. The largest absolute Gasteiger partial charge is 0.377 e. The van der Waals surface area contributed by atoms with Crippen molar-refractivity contribution in [1.29, 1.82) is 0 Å². The molecule has 2 amide bonds. The predicted molar refractivity (Wildman–Crippen MR) is 81.0 cm³/mol. The average molecular weight is 305 g/mol. The molecule has 0 aromatic carbocycles. The molecule has 0 N–H and O–H groups in total. The molecule has 3 aliphatic rings. The van der Waals surface area contributed by atoms with Crippen LogP contribution in [0.25, 0.3) is 0 Å². The number of allylic oxidation sites excluding steroid dienone is 1. The maximum absolute atomic E-state index is 11.9. The molecular weight excluding hydrogens is 282 g/mol. The van der Waals surface area contributed by atoms with Gasteiger partial charge >= 0.3 is 0 Å². The Morgan fingerprint density at radius 1 is 1.05 bits per heavy atom. The minimum atomic E-state index is -0.198. The summed E-state index contributed by atoms with van der Waals surface area (Å²) in [5.74, 6) is 0.899. The van der Waals surface area contributed by atoms with Crippen molar-refractivity contribution in [2.45, 2.75) is 32.8 Å². The molecule has 2 bridgehead atoms. The molecule has 0 saturated heterocycles. The van der Waals surface area contributed by atoms with E-state index in [-0.39, 0.29) is 11.8 Å². The van der Waals surface area contributed by atoms with Crippen molar-refractivity contribution < 1.29 is 19.1 Å². The molecule has 120 valence electrons. The van der Waals surface area contributed by atoms with Crippen molar-refractivity contribution in [2.75, 3.05) is 26.4 Å². The zero-order valence-corrected chi connectivity index (χ0v) is 13.2. The van der Waals surface area contributed by atoms with Crippen molar-refractivity contribution in [1.82, 2.24) is 4.90 Å². The van der Waals surface area contributed by atoms with Gasteiger partial charge < -0.3 is 9.47 Å². The molecule has 5 nitrogen and oxygen atoms in total. The minimum Gasteiger partial charge on any atom is -0.377 e. The number of carbonyl (C=O) groups is 2. The van der Waals surface area contributed by atoms with Gasteiger partial charge in [0.1, 0.15) is 0 Å². The molecule has 3 atom stereocenters. The Bertz CT molecular complexity index is 513. The second-order valence-electron chi connectivity index (χ2n) is 6.31. The van der Waals surface area contributed by atoms with Gasteiger partial charge in [-0.2, -0.15) is 0 Å². The fourth-order valence-corrected chi connectivity index (χ4v) is 3.46. The van der Waals surface area contributed by atoms with Crippen molar-refractivity contribution in [3.63, 3.8) is 0 Å². The van der Waals surface area contributed by atoms with Crippen LogP contribution in [0.15, 0.2) is 23.3 Å². The van der Waals surface area contributed by atoms with Gasteiger partial charge in [-0.3, -0.25) is 14.5 Å². The lowest BCUT2D eigenvalue weighted by Gasteiger charge is -2.19. The van der Waals surface area contributed by atoms with E-state index in [0.717, 1.165) is 6.42 Å². The lowest BCUT2D eigenvalue weighted by atomic mass is 10.1. The number of hydrogen-bond acceptors (Lipinski definition) is 4. The summed E-state index contributed by atoms with van der Waals surface area (Å²) in [6, 6.07) is 0. The second kappa shape index (κ2) is 6.34. The number of nitrogens with zero attached hydrogens (tertiary/aromatic N) is 1. The summed E-state index contributed by atoms with van der Waals surface area (Å²) in [6.07, 6.45) is 7.26. The molecule has 22 heavy (non-hydrogen) atoms. The number of imide groups is 1. The number of hydrogen-bond donors (Lipinski definition) is 0. The first kappa shape index (κ1) is 15.4. The van der Waals surface area contributed by atoms with Crippen molar-refractivity contribution >= 4 is 11.8 Å². The van der Waals surface area contributed by atoms with Crippen molar-refractivity contribution in [3.8, 4) is 0 Å². The fourth-order valence-electron chi connectivity index (χ4n) is 3.46. The van der Waals surface area contributed by atoms with Gasteiger partial charge in [0.25, 0.3) is 11.8 Å². The molecule has 0 spiro atoms. The lowest BCUT2D eigenvalue weighted by Crippen LogP contribution is -2.34. The van der Waals surface area contributed by atoms with E-state index in [1.54, 1.807) is 13.8 Å². The summed E-state index contributed by atoms with van der Waals surface area (Å²) in [5, 5.41) is 0. The van der Waals surface area contributed by atoms with Crippen LogP contribution in [-0.2, 0) is 19.1 Å². The number of amides is 2. The third-order valence-electron chi connectivity index (χ3n) is 4.93. The van der Waals surface area contributed by atoms with E-state index in [0.29, 0.717) is 55.5 Å². The van der Waals surface area contributed by atoms with E-state index < -0.39 is 0 Å². The van der Waals surface area contributed by atoms with Gasteiger partial charge in [0.05, 0.1) is 32.5 Å². The summed E-state index contributed by atoms with van der Waals surface area (Å²) in [5.41, 5.74) is 1.08. The zero-order valence-electron chi connectivity index (χ0n) is 13.2. The van der Waals surface area contributed by atoms with Gasteiger partial charge in [0, 0.05) is 17.1 Å². The van der Waals surface area contributed by atoms with Gasteiger partial charge in [-0.25, -0.2) is 0 Å². The second-order valence-corrected chi connectivity index (χ2v) is 6.31. The van der Waals surface area contributed by atoms with Crippen LogP contribution in [0.3, 0.4) is 0 Å². The molecule has 0 radical (unpaired) electrons. The molecule has 0 aromatic heterocycles. The van der Waals surface area contributed by atoms with E-state index in [2.05, 4.69) is 12.2 Å². The van der Waals surface area contributed by atoms with Crippen molar-refractivity contribution in [3.05, 3.63) is 23.3 Å². The summed E-state index contributed by atoms with van der Waals surface area (Å²) in [7, 11) is 0. The highest BCUT2D eigenvalue weighted by molar-refractivity contribution is 6.18. The lowest BCUT2D eigenvalue weighted by molar-refractivity contribution is -0.138. The summed E-state index contributed by atoms with van der Waals surface area (Å²) < 4.78 is 11.3. The quantitative estimate of drug-likeness (QED) is 0.408. The highest BCUT2D eigenvalue weighted by Gasteiger charge is 2.36. The Morgan fingerprint density at radius 3 is 2.36 bits per heavy atom. The highest BCUT2D eigenvalue weighted by atomic mass is 16.5. The molecule has 1 fully saturated rings. The Hall–Kier alpha value is -1.46. The molecule has 0 aromatic rings. The van der Waals surface area contributed by atoms with Crippen LogP contribution in [0.2, 0.25) is 0 Å². The van der Waals surface area contributed by atoms with E-state index in [9.17, 15) is 9.59 Å². The fraction of sp³-hybridized carbons (Fsp3) is 0.647. The van der Waals surface area contributed by atoms with E-state index in [1.165, 1.54) is 11.3 Å². The van der Waals surface area contributed by atoms with Crippen LogP contribution >= 0.6 is 0 Å². The summed E-state index contributed by atoms with van der Waals surface area (Å²) >= 11 is 0. The maximum atomic E-state index is 11.9. The van der Waals surface area contributed by atoms with E-state index in [1.807, 2.05) is 0 Å². The van der Waals surface area contributed by atoms with Gasteiger partial charge in [-0.05, 0) is 32.6 Å². The molecule has 1 heterocycles. The van der Waals surface area contributed by atoms with Crippen LogP contribution in [0.5, 0.6) is 0 Å². The normalized spacial score (nSPS) is 30.3. The smallest absolute Gasteiger partial charge is 0.256 e. The van der Waals surface area contributed by atoms with Crippen LogP contribution in [0.4, 0.5) is 0 Å². The summed E-state index contributed by atoms with van der Waals surface area (Å²) in [4.78, 5) is 25.0. The van der Waals surface area contributed by atoms with Crippen LogP contribution in [-0.4, -0.2) is 49.2 Å². The third kappa shape index (κ3) is 2.88. The average Bonchev–Trinajstić information content (AvgIpc) is 3.18. The topological polar surface area (TPSA) is 55.8 Å². The Kier molecular flexibility index (Phi) is 4.45. The Balaban J connectivity index is 1.29. The summed E-state index contributed by atoms with van der Waals surface area (Å²) in [6.45, 7) is 5.11. The van der Waals surface area contributed by atoms with Gasteiger partial charge in [-0.1, -0.05) is 12.2 Å². The highest BCUT2D eigenvalue weighted by Crippen LogP contribution is 2.40. The zero-order chi connectivity index (χ0) is 15.7. The standard InChI is InChI=1S/C17H23NO4/c1-11-12(2)17(20)18(16(11)19)5-6-21-7-8-22-15-10-13-3-4-14(15)9-13/h3-4,13-15H,5-10H2,1-2H3. The first-order valence-electron chi connectivity index (χ1n) is 7.99. The first-order chi connectivity index (χ1) is 10.6. The predicted octanol–water partition coefficient (Wildman–Crippen LogP) is 1.69. The number of rotatable bonds is 7. The third-order valence-corrected chi connectivity index (χ3v) is 4.93. The van der Waals surface area contributed by atoms with Gasteiger partial charge in [0.15, 0.2) is 0 Å². The van der Waals surface area contributed by atoms with Crippen molar-refractivity contribution in [2.24, 2.45) is 11.8 Å². The number of fused-ring (bicyclic) bond motifs is 2. The number of ether oxygens (including phenoxy) is 2. The monoisotopic (exact) mass is 305 g/mol. The Labute approximate surface area is 130 Å². The Morgan fingerprint density at radius 2 is 1.77 bits per heavy atom. The molecule has 3 rings (SSSR count). The molecular formula is C17H23NO4. The SMILES string of the molecule is CC1=C(C)C(=O)N(CCOCCOC2CC3C=CC2C3)C1=O. The molecule has 5 heteroatoms. The van der Waals surface area contributed by atoms with E-state index >= 15 is 0 Å². The van der Waals surface area contributed by atoms with Crippen LogP contribution < -0.4 is 0 Å². The first-order valence-corrected chi connectivity index (χ1v) is 7.99.